The van der Waals surface area contributed by atoms with E-state index in [-0.39, 0.29) is 24.7 Å². The summed E-state index contributed by atoms with van der Waals surface area (Å²) in [6.45, 7) is 8.46. The van der Waals surface area contributed by atoms with Gasteiger partial charge in [-0.2, -0.15) is 5.10 Å². The Morgan fingerprint density at radius 1 is 1.10 bits per heavy atom. The molecule has 3 aromatic heterocycles. The summed E-state index contributed by atoms with van der Waals surface area (Å²) in [4.78, 5) is 25.0. The number of carbonyl (C=O) groups is 1. The van der Waals surface area contributed by atoms with E-state index in [9.17, 15) is 4.79 Å². The maximum atomic E-state index is 12.6. The van der Waals surface area contributed by atoms with Gasteiger partial charge in [0.25, 0.3) is 0 Å². The van der Waals surface area contributed by atoms with Crippen LogP contribution >= 0.6 is 0 Å². The standard InChI is InChI=1S/C23H28N6O2/c1-14-7-19(8-15(2)31-14)23-16(3)28-29(17(23)4)12-22(30)27-21-6-5-18(11-26-21)20-9-24-13-25-10-20/h5-6,9-11,13-15,19H,7-8,12H2,1-4H3,(H,26,27,30). The van der Waals surface area contributed by atoms with Gasteiger partial charge in [0.2, 0.25) is 5.91 Å². The van der Waals surface area contributed by atoms with Gasteiger partial charge >= 0.3 is 0 Å². The maximum Gasteiger partial charge on any atom is 0.247 e. The molecule has 0 spiro atoms. The van der Waals surface area contributed by atoms with Crippen LogP contribution in [0.1, 0.15) is 49.6 Å². The van der Waals surface area contributed by atoms with E-state index in [1.54, 1.807) is 29.3 Å². The number of aromatic nitrogens is 5. The molecule has 1 aliphatic rings. The Morgan fingerprint density at radius 2 is 1.81 bits per heavy atom. The largest absolute Gasteiger partial charge is 0.376 e. The Kier molecular flexibility index (Phi) is 6.08. The molecule has 8 heteroatoms. The molecule has 0 saturated carbocycles. The minimum absolute atomic E-state index is 0.150. The first-order valence-electron chi connectivity index (χ1n) is 10.6. The van der Waals surface area contributed by atoms with Crippen molar-refractivity contribution in [2.24, 2.45) is 0 Å². The molecule has 1 fully saturated rings. The number of nitrogens with one attached hydrogen (secondary N) is 1. The highest BCUT2D eigenvalue weighted by molar-refractivity contribution is 5.89. The number of pyridine rings is 1. The molecule has 0 aromatic carbocycles. The molecular weight excluding hydrogens is 392 g/mol. The van der Waals surface area contributed by atoms with E-state index in [0.29, 0.717) is 11.7 Å². The van der Waals surface area contributed by atoms with Crippen molar-refractivity contribution in [2.75, 3.05) is 5.32 Å². The highest BCUT2D eigenvalue weighted by atomic mass is 16.5. The highest BCUT2D eigenvalue weighted by Crippen LogP contribution is 2.36. The maximum absolute atomic E-state index is 12.6. The van der Waals surface area contributed by atoms with Crippen molar-refractivity contribution in [1.29, 1.82) is 0 Å². The molecule has 0 aliphatic carbocycles. The summed E-state index contributed by atoms with van der Waals surface area (Å²) in [5, 5.41) is 7.51. The number of amides is 1. The first kappa shape index (κ1) is 21.1. The molecule has 3 aromatic rings. The lowest BCUT2D eigenvalue weighted by atomic mass is 9.85. The van der Waals surface area contributed by atoms with Crippen LogP contribution in [0.2, 0.25) is 0 Å². The van der Waals surface area contributed by atoms with E-state index in [2.05, 4.69) is 39.2 Å². The quantitative estimate of drug-likeness (QED) is 0.677. The number of aryl methyl sites for hydroxylation is 1. The van der Waals surface area contributed by atoms with E-state index in [0.717, 1.165) is 35.4 Å². The van der Waals surface area contributed by atoms with Crippen LogP contribution in [0.4, 0.5) is 5.82 Å². The summed E-state index contributed by atoms with van der Waals surface area (Å²) >= 11 is 0. The highest BCUT2D eigenvalue weighted by Gasteiger charge is 2.30. The fraction of sp³-hybridized carbons (Fsp3) is 0.435. The lowest BCUT2D eigenvalue weighted by molar-refractivity contribution is -0.117. The van der Waals surface area contributed by atoms with Gasteiger partial charge in [-0.25, -0.2) is 15.0 Å². The molecular formula is C23H28N6O2. The van der Waals surface area contributed by atoms with Crippen LogP contribution in [0.3, 0.4) is 0 Å². The number of carbonyl (C=O) groups excluding carboxylic acids is 1. The van der Waals surface area contributed by atoms with Crippen molar-refractivity contribution in [3.05, 3.63) is 54.0 Å². The van der Waals surface area contributed by atoms with Crippen LogP contribution in [0.25, 0.3) is 11.1 Å². The average molecular weight is 421 g/mol. The summed E-state index contributed by atoms with van der Waals surface area (Å²) in [6, 6.07) is 3.66. The van der Waals surface area contributed by atoms with Gasteiger partial charge in [0, 0.05) is 35.4 Å². The second-order valence-electron chi connectivity index (χ2n) is 8.28. The lowest BCUT2D eigenvalue weighted by Crippen LogP contribution is -2.28. The molecule has 0 bridgehead atoms. The summed E-state index contributed by atoms with van der Waals surface area (Å²) in [7, 11) is 0. The second-order valence-corrected chi connectivity index (χ2v) is 8.28. The van der Waals surface area contributed by atoms with E-state index < -0.39 is 0 Å². The molecule has 2 unspecified atom stereocenters. The fourth-order valence-electron chi connectivity index (χ4n) is 4.50. The average Bonchev–Trinajstić information content (AvgIpc) is 3.01. The Morgan fingerprint density at radius 3 is 2.45 bits per heavy atom. The normalized spacial score (nSPS) is 21.1. The van der Waals surface area contributed by atoms with E-state index in [4.69, 9.17) is 4.74 Å². The third-order valence-corrected chi connectivity index (χ3v) is 5.76. The third kappa shape index (κ3) is 4.80. The number of hydrogen-bond donors (Lipinski definition) is 1. The Bertz CT molecular complexity index is 1040. The minimum atomic E-state index is -0.158. The third-order valence-electron chi connectivity index (χ3n) is 5.76. The molecule has 4 heterocycles. The van der Waals surface area contributed by atoms with Crippen LogP contribution in [0, 0.1) is 13.8 Å². The Balaban J connectivity index is 1.43. The van der Waals surface area contributed by atoms with Gasteiger partial charge in [0.05, 0.1) is 17.9 Å². The molecule has 0 radical (unpaired) electrons. The first-order valence-corrected chi connectivity index (χ1v) is 10.6. The molecule has 2 atom stereocenters. The van der Waals surface area contributed by atoms with Crippen LogP contribution < -0.4 is 5.32 Å². The van der Waals surface area contributed by atoms with Gasteiger partial charge in [-0.05, 0) is 64.2 Å². The summed E-state index contributed by atoms with van der Waals surface area (Å²) in [5.41, 5.74) is 5.05. The van der Waals surface area contributed by atoms with Gasteiger partial charge in [0.1, 0.15) is 18.7 Å². The number of ether oxygens (including phenoxy) is 1. The summed E-state index contributed by atoms with van der Waals surface area (Å²) in [5.74, 6) is 0.750. The number of nitrogens with zero attached hydrogens (tertiary/aromatic N) is 5. The lowest BCUT2D eigenvalue weighted by Gasteiger charge is -2.32. The van der Waals surface area contributed by atoms with Crippen molar-refractivity contribution < 1.29 is 9.53 Å². The Hall–Kier alpha value is -3.13. The molecule has 4 rings (SSSR count). The monoisotopic (exact) mass is 420 g/mol. The fourth-order valence-corrected chi connectivity index (χ4v) is 4.50. The van der Waals surface area contributed by atoms with Crippen LogP contribution in [0.5, 0.6) is 0 Å². The smallest absolute Gasteiger partial charge is 0.247 e. The van der Waals surface area contributed by atoms with Crippen molar-refractivity contribution in [3.63, 3.8) is 0 Å². The zero-order chi connectivity index (χ0) is 22.0. The summed E-state index contributed by atoms with van der Waals surface area (Å²) < 4.78 is 7.68. The topological polar surface area (TPSA) is 94.8 Å². The van der Waals surface area contributed by atoms with Crippen molar-refractivity contribution >= 4 is 11.7 Å². The molecule has 1 amide bonds. The van der Waals surface area contributed by atoms with Gasteiger partial charge in [-0.3, -0.25) is 9.48 Å². The van der Waals surface area contributed by atoms with Crippen LogP contribution in [0.15, 0.2) is 37.1 Å². The predicted molar refractivity (Wildman–Crippen MR) is 118 cm³/mol. The molecule has 1 saturated heterocycles. The van der Waals surface area contributed by atoms with Crippen molar-refractivity contribution in [1.82, 2.24) is 24.7 Å². The van der Waals surface area contributed by atoms with Gasteiger partial charge in [-0.15, -0.1) is 0 Å². The van der Waals surface area contributed by atoms with Gasteiger partial charge in [-0.1, -0.05) is 0 Å². The number of hydrogen-bond acceptors (Lipinski definition) is 6. The van der Waals surface area contributed by atoms with E-state index in [1.807, 2.05) is 19.9 Å². The SMILES string of the molecule is Cc1nn(CC(=O)Nc2ccc(-c3cncnc3)cn2)c(C)c1C1CC(C)OC(C)C1. The van der Waals surface area contributed by atoms with Gasteiger partial charge in [0.15, 0.2) is 0 Å². The second kappa shape index (κ2) is 8.93. The molecule has 8 nitrogen and oxygen atoms in total. The van der Waals surface area contributed by atoms with E-state index in [1.165, 1.54) is 11.9 Å². The summed E-state index contributed by atoms with van der Waals surface area (Å²) in [6.07, 6.45) is 9.05. The number of rotatable bonds is 5. The zero-order valence-electron chi connectivity index (χ0n) is 18.4. The first-order chi connectivity index (χ1) is 14.9. The van der Waals surface area contributed by atoms with Gasteiger partial charge < -0.3 is 10.1 Å². The molecule has 162 valence electrons. The molecule has 1 N–H and O–H groups in total. The van der Waals surface area contributed by atoms with Crippen molar-refractivity contribution in [3.8, 4) is 11.1 Å². The van der Waals surface area contributed by atoms with Crippen LogP contribution in [-0.2, 0) is 16.1 Å². The molecule has 1 aliphatic heterocycles. The van der Waals surface area contributed by atoms with E-state index >= 15 is 0 Å². The minimum Gasteiger partial charge on any atom is -0.376 e. The zero-order valence-corrected chi connectivity index (χ0v) is 18.4. The molecule has 31 heavy (non-hydrogen) atoms. The van der Waals surface area contributed by atoms with Crippen LogP contribution in [-0.4, -0.2) is 42.8 Å². The number of anilines is 1. The van der Waals surface area contributed by atoms with Crippen molar-refractivity contribution in [2.45, 2.75) is 65.2 Å². The predicted octanol–water partition coefficient (Wildman–Crippen LogP) is 3.66. The Labute approximate surface area is 182 Å².